The van der Waals surface area contributed by atoms with Gasteiger partial charge in [-0.25, -0.2) is 14.8 Å². The van der Waals surface area contributed by atoms with Gasteiger partial charge in [-0.2, -0.15) is 5.10 Å². The summed E-state index contributed by atoms with van der Waals surface area (Å²) in [7, 11) is 1.46. The maximum atomic E-state index is 12.2. The van der Waals surface area contributed by atoms with Gasteiger partial charge in [0.05, 0.1) is 19.0 Å². The van der Waals surface area contributed by atoms with E-state index in [-0.39, 0.29) is 11.3 Å². The normalized spacial score (nSPS) is 10.8. The lowest BCUT2D eigenvalue weighted by Gasteiger charge is -2.10. The number of rotatable bonds is 5. The molecule has 0 fully saturated rings. The van der Waals surface area contributed by atoms with Gasteiger partial charge in [-0.1, -0.05) is 6.07 Å². The summed E-state index contributed by atoms with van der Waals surface area (Å²) in [6, 6.07) is 9.30. The van der Waals surface area contributed by atoms with Crippen LogP contribution in [-0.4, -0.2) is 38.9 Å². The van der Waals surface area contributed by atoms with Crippen molar-refractivity contribution in [2.24, 2.45) is 5.10 Å². The first-order valence-electron chi connectivity index (χ1n) is 7.97. The van der Waals surface area contributed by atoms with Crippen LogP contribution in [-0.2, 0) is 0 Å². The van der Waals surface area contributed by atoms with Crippen LogP contribution < -0.4 is 21.4 Å². The van der Waals surface area contributed by atoms with Crippen molar-refractivity contribution < 1.29 is 14.6 Å². The van der Waals surface area contributed by atoms with Crippen molar-refractivity contribution in [2.45, 2.75) is 0 Å². The number of methoxy groups -OCH3 is 1. The first-order valence-corrected chi connectivity index (χ1v) is 7.97. The Morgan fingerprint density at radius 2 is 2.04 bits per heavy atom. The minimum Gasteiger partial charge on any atom is -0.497 e. The van der Waals surface area contributed by atoms with E-state index < -0.39 is 23.0 Å². The smallest absolute Gasteiger partial charge is 0.335 e. The van der Waals surface area contributed by atoms with Gasteiger partial charge in [0.1, 0.15) is 11.3 Å². The summed E-state index contributed by atoms with van der Waals surface area (Å²) in [6.07, 6.45) is 3.84. The Labute approximate surface area is 157 Å². The molecule has 3 N–H and O–H groups in total. The number of hydrogen-bond acceptors (Lipinski definition) is 7. The van der Waals surface area contributed by atoms with Crippen LogP contribution in [0.2, 0.25) is 0 Å². The largest absolute Gasteiger partial charge is 0.497 e. The third-order valence-electron chi connectivity index (χ3n) is 3.73. The van der Waals surface area contributed by atoms with Crippen LogP contribution in [0.5, 0.6) is 11.6 Å². The molecule has 1 amide bonds. The second-order valence-corrected chi connectivity index (χ2v) is 5.47. The molecule has 2 aromatic heterocycles. The number of carbonyl (C=O) groups excluding carboxylic acids is 1. The monoisotopic (exact) mass is 381 g/mol. The van der Waals surface area contributed by atoms with Crippen molar-refractivity contribution in [2.75, 3.05) is 7.11 Å². The van der Waals surface area contributed by atoms with E-state index in [1.807, 2.05) is 0 Å². The lowest BCUT2D eigenvalue weighted by Crippen LogP contribution is -2.31. The molecule has 28 heavy (non-hydrogen) atoms. The number of nitrogens with one attached hydrogen (secondary N) is 2. The van der Waals surface area contributed by atoms with Gasteiger partial charge in [-0.15, -0.1) is 0 Å². The Kier molecular flexibility index (Phi) is 5.30. The average Bonchev–Trinajstić information content (AvgIpc) is 2.71. The Balaban J connectivity index is 1.95. The number of ether oxygens (including phenoxy) is 1. The highest BCUT2D eigenvalue weighted by Gasteiger charge is 2.15. The van der Waals surface area contributed by atoms with Crippen LogP contribution >= 0.6 is 0 Å². The molecule has 10 nitrogen and oxygen atoms in total. The summed E-state index contributed by atoms with van der Waals surface area (Å²) in [5, 5.41) is 14.1. The van der Waals surface area contributed by atoms with Crippen molar-refractivity contribution in [1.82, 2.24) is 20.0 Å². The van der Waals surface area contributed by atoms with Gasteiger partial charge in [0.2, 0.25) is 5.88 Å². The lowest BCUT2D eigenvalue weighted by atomic mass is 10.2. The van der Waals surface area contributed by atoms with Gasteiger partial charge in [0, 0.05) is 24.0 Å². The second kappa shape index (κ2) is 7.99. The molecule has 0 aliphatic heterocycles. The molecule has 2 heterocycles. The molecule has 0 spiro atoms. The van der Waals surface area contributed by atoms with Crippen LogP contribution in [0.15, 0.2) is 63.5 Å². The molecule has 142 valence electrons. The number of aromatic nitrogens is 3. The van der Waals surface area contributed by atoms with Crippen LogP contribution in [0.4, 0.5) is 0 Å². The van der Waals surface area contributed by atoms with E-state index >= 15 is 0 Å². The maximum Gasteiger partial charge on any atom is 0.335 e. The number of hydrazone groups is 1. The zero-order valence-corrected chi connectivity index (χ0v) is 14.6. The predicted molar refractivity (Wildman–Crippen MR) is 100 cm³/mol. The fourth-order valence-corrected chi connectivity index (χ4v) is 2.37. The van der Waals surface area contributed by atoms with Crippen molar-refractivity contribution in [3.63, 3.8) is 0 Å². The molecule has 0 saturated carbocycles. The molecule has 0 saturated heterocycles. The van der Waals surface area contributed by atoms with Gasteiger partial charge < -0.3 is 9.84 Å². The van der Waals surface area contributed by atoms with Gasteiger partial charge in [0.25, 0.3) is 11.5 Å². The molecule has 3 rings (SSSR count). The number of pyridine rings is 1. The molecule has 1 aromatic carbocycles. The SMILES string of the molecule is COc1cccc(-n2c(O)c(C=NNC(=O)c3ccncc3)c(=O)[nH]c2=O)c1. The van der Waals surface area contributed by atoms with E-state index in [1.54, 1.807) is 18.2 Å². The summed E-state index contributed by atoms with van der Waals surface area (Å²) < 4.78 is 5.98. The molecule has 10 heteroatoms. The molecule has 0 unspecified atom stereocenters. The molecule has 0 bridgehead atoms. The van der Waals surface area contributed by atoms with Crippen molar-refractivity contribution in [1.29, 1.82) is 0 Å². The number of H-pyrrole nitrogens is 1. The minimum atomic E-state index is -0.858. The number of amides is 1. The number of aromatic amines is 1. The maximum absolute atomic E-state index is 12.2. The van der Waals surface area contributed by atoms with Gasteiger partial charge in [-0.3, -0.25) is 19.6 Å². The lowest BCUT2D eigenvalue weighted by molar-refractivity contribution is 0.0955. The molecule has 3 aromatic rings. The number of aromatic hydroxyl groups is 1. The summed E-state index contributed by atoms with van der Waals surface area (Å²) in [5.74, 6) is -0.713. The molecule has 0 radical (unpaired) electrons. The van der Waals surface area contributed by atoms with Crippen molar-refractivity contribution in [3.05, 3.63) is 80.8 Å². The number of hydrogen-bond donors (Lipinski definition) is 3. The Bertz CT molecular complexity index is 1150. The summed E-state index contributed by atoms with van der Waals surface area (Å²) in [6.45, 7) is 0. The quantitative estimate of drug-likeness (QED) is 0.432. The molecule has 0 aliphatic carbocycles. The van der Waals surface area contributed by atoms with Crippen LogP contribution in [0.25, 0.3) is 5.69 Å². The topological polar surface area (TPSA) is 139 Å². The fraction of sp³-hybridized carbons (Fsp3) is 0.0556. The predicted octanol–water partition coefficient (Wildman–Crippen LogP) is 0.399. The summed E-state index contributed by atoms with van der Waals surface area (Å²) >= 11 is 0. The fourth-order valence-electron chi connectivity index (χ4n) is 2.37. The Morgan fingerprint density at radius 3 is 2.75 bits per heavy atom. The number of nitrogens with zero attached hydrogens (tertiary/aromatic N) is 3. The highest BCUT2D eigenvalue weighted by Crippen LogP contribution is 2.19. The number of benzene rings is 1. The van der Waals surface area contributed by atoms with Crippen LogP contribution in [0.1, 0.15) is 15.9 Å². The molecule has 0 atom stereocenters. The van der Waals surface area contributed by atoms with E-state index in [1.165, 1.54) is 37.7 Å². The number of carbonyl (C=O) groups is 1. The first kappa shape index (κ1) is 18.6. The highest BCUT2D eigenvalue weighted by atomic mass is 16.5. The second-order valence-electron chi connectivity index (χ2n) is 5.47. The summed E-state index contributed by atoms with van der Waals surface area (Å²) in [5.41, 5.74) is 0.804. The van der Waals surface area contributed by atoms with E-state index in [0.29, 0.717) is 11.3 Å². The molecular weight excluding hydrogens is 366 g/mol. The third-order valence-corrected chi connectivity index (χ3v) is 3.73. The Hall–Kier alpha value is -4.21. The van der Waals surface area contributed by atoms with Gasteiger partial charge >= 0.3 is 5.69 Å². The van der Waals surface area contributed by atoms with E-state index in [4.69, 9.17) is 4.74 Å². The average molecular weight is 381 g/mol. The van der Waals surface area contributed by atoms with E-state index in [2.05, 4.69) is 20.5 Å². The third kappa shape index (κ3) is 3.80. The highest BCUT2D eigenvalue weighted by molar-refractivity contribution is 5.94. The zero-order valence-electron chi connectivity index (χ0n) is 14.6. The van der Waals surface area contributed by atoms with Gasteiger partial charge in [0.15, 0.2) is 0 Å². The standard InChI is InChI=1S/C18H15N5O5/c1-28-13-4-2-3-12(9-13)23-17(26)14(16(25)21-18(23)27)10-20-22-15(24)11-5-7-19-8-6-11/h2-10,26H,1H3,(H,22,24)(H,21,25,27). The Morgan fingerprint density at radius 1 is 1.29 bits per heavy atom. The van der Waals surface area contributed by atoms with E-state index in [9.17, 15) is 19.5 Å². The minimum absolute atomic E-state index is 0.272. The first-order chi connectivity index (χ1) is 13.5. The van der Waals surface area contributed by atoms with Crippen LogP contribution in [0.3, 0.4) is 0 Å². The van der Waals surface area contributed by atoms with Crippen LogP contribution in [0, 0.1) is 0 Å². The van der Waals surface area contributed by atoms with Gasteiger partial charge in [-0.05, 0) is 24.3 Å². The summed E-state index contributed by atoms with van der Waals surface area (Å²) in [4.78, 5) is 42.1. The molecule has 0 aliphatic rings. The van der Waals surface area contributed by atoms with Crippen molar-refractivity contribution in [3.8, 4) is 17.3 Å². The molecular formula is C18H15N5O5. The van der Waals surface area contributed by atoms with E-state index in [0.717, 1.165) is 10.8 Å². The van der Waals surface area contributed by atoms with Crippen molar-refractivity contribution >= 4 is 12.1 Å². The zero-order chi connectivity index (χ0) is 20.1.